The first kappa shape index (κ1) is 11.9. The van der Waals surface area contributed by atoms with E-state index >= 15 is 0 Å². The van der Waals surface area contributed by atoms with Gasteiger partial charge in [0.25, 0.3) is 10.1 Å². The molecule has 0 aromatic rings. The quantitative estimate of drug-likeness (QED) is 0.682. The van der Waals surface area contributed by atoms with Gasteiger partial charge in [-0.05, 0) is 18.8 Å². The number of rotatable bonds is 5. The fourth-order valence-electron chi connectivity index (χ4n) is 1.11. The molecule has 0 amide bonds. The lowest BCUT2D eigenvalue weighted by Crippen LogP contribution is -2.21. The molecule has 0 fully saturated rings. The van der Waals surface area contributed by atoms with Crippen LogP contribution in [-0.4, -0.2) is 18.2 Å². The van der Waals surface area contributed by atoms with Crippen LogP contribution in [0, 0.1) is 5.92 Å². The van der Waals surface area contributed by atoms with Gasteiger partial charge in [0.1, 0.15) is 0 Å². The Bertz CT molecular complexity index is 208. The third-order valence-electron chi connectivity index (χ3n) is 2.24. The smallest absolute Gasteiger partial charge is 0.267 e. The molecule has 0 radical (unpaired) electrons. The molecule has 2 unspecified atom stereocenters. The minimum absolute atomic E-state index is 0.358. The molecule has 0 rings (SSSR count). The zero-order valence-corrected chi connectivity index (χ0v) is 8.76. The molecule has 0 spiro atoms. The summed E-state index contributed by atoms with van der Waals surface area (Å²) in [7, 11) is -3.82. The second-order valence-corrected chi connectivity index (χ2v) is 4.99. The van der Waals surface area contributed by atoms with Gasteiger partial charge in [-0.2, -0.15) is 8.42 Å². The van der Waals surface area contributed by atoms with Gasteiger partial charge in [-0.15, -0.1) is 0 Å². The fraction of sp³-hybridized carbons (Fsp3) is 1.00. The third-order valence-corrected chi connectivity index (χ3v) is 3.61. The normalized spacial score (nSPS) is 17.3. The van der Waals surface area contributed by atoms with Gasteiger partial charge in [0, 0.05) is 0 Å². The summed E-state index contributed by atoms with van der Waals surface area (Å²) < 4.78 is 30.3. The Labute approximate surface area is 74.9 Å². The molecule has 0 aliphatic heterocycles. The van der Waals surface area contributed by atoms with E-state index in [0.29, 0.717) is 18.8 Å². The molecule has 0 aromatic carbocycles. The second-order valence-electron chi connectivity index (χ2n) is 3.29. The molecular formula is C8H18O3S. The molecule has 3 nitrogen and oxygen atoms in total. The van der Waals surface area contributed by atoms with E-state index in [-0.39, 0.29) is 0 Å². The lowest BCUT2D eigenvalue weighted by atomic mass is 10.0. The predicted molar refractivity (Wildman–Crippen MR) is 49.7 cm³/mol. The maximum absolute atomic E-state index is 10.8. The van der Waals surface area contributed by atoms with Crippen LogP contribution in [0.2, 0.25) is 0 Å². The molecule has 0 saturated heterocycles. The maximum Gasteiger partial charge on any atom is 0.267 e. The average Bonchev–Trinajstić information content (AvgIpc) is 1.97. The van der Waals surface area contributed by atoms with Crippen LogP contribution < -0.4 is 0 Å². The molecule has 4 heteroatoms. The van der Waals surface area contributed by atoms with Crippen LogP contribution in [0.15, 0.2) is 0 Å². The largest absolute Gasteiger partial charge is 0.285 e. The SMILES string of the molecule is CCC(C)CC(CC)S(=O)(=O)O. The molecule has 0 aliphatic rings. The molecular weight excluding hydrogens is 176 g/mol. The van der Waals surface area contributed by atoms with Crippen molar-refractivity contribution >= 4 is 10.1 Å². The summed E-state index contributed by atoms with van der Waals surface area (Å²) in [6.07, 6.45) is 2.00. The van der Waals surface area contributed by atoms with Gasteiger partial charge in [0.2, 0.25) is 0 Å². The summed E-state index contributed by atoms with van der Waals surface area (Å²) in [5.74, 6) is 0.358. The maximum atomic E-state index is 10.8. The van der Waals surface area contributed by atoms with Crippen LogP contribution in [-0.2, 0) is 10.1 Å². The van der Waals surface area contributed by atoms with Crippen molar-refractivity contribution in [3.63, 3.8) is 0 Å². The molecule has 0 saturated carbocycles. The standard InChI is InChI=1S/C8H18O3S/c1-4-7(3)6-8(5-2)12(9,10)11/h7-8H,4-6H2,1-3H3,(H,9,10,11). The van der Waals surface area contributed by atoms with Crippen LogP contribution in [0.5, 0.6) is 0 Å². The lowest BCUT2D eigenvalue weighted by molar-refractivity contribution is 0.428. The van der Waals surface area contributed by atoms with Gasteiger partial charge >= 0.3 is 0 Å². The van der Waals surface area contributed by atoms with E-state index in [0.717, 1.165) is 6.42 Å². The summed E-state index contributed by atoms with van der Waals surface area (Å²) in [5.41, 5.74) is 0. The van der Waals surface area contributed by atoms with Gasteiger partial charge in [-0.3, -0.25) is 4.55 Å². The zero-order chi connectivity index (χ0) is 9.78. The first-order chi connectivity index (χ1) is 5.41. The van der Waals surface area contributed by atoms with Crippen molar-refractivity contribution in [1.82, 2.24) is 0 Å². The summed E-state index contributed by atoms with van der Waals surface area (Å²) >= 11 is 0. The van der Waals surface area contributed by atoms with E-state index < -0.39 is 15.4 Å². The van der Waals surface area contributed by atoms with Crippen molar-refractivity contribution < 1.29 is 13.0 Å². The van der Waals surface area contributed by atoms with Crippen LogP contribution in [0.3, 0.4) is 0 Å². The van der Waals surface area contributed by atoms with Gasteiger partial charge in [0.15, 0.2) is 0 Å². The highest BCUT2D eigenvalue weighted by molar-refractivity contribution is 7.86. The van der Waals surface area contributed by atoms with Crippen molar-refractivity contribution in [3.8, 4) is 0 Å². The molecule has 1 N–H and O–H groups in total. The highest BCUT2D eigenvalue weighted by Crippen LogP contribution is 2.17. The predicted octanol–water partition coefficient (Wildman–Crippen LogP) is 2.09. The second kappa shape index (κ2) is 4.82. The Hall–Kier alpha value is -0.0900. The molecule has 0 bridgehead atoms. The Morgan fingerprint density at radius 3 is 2.00 bits per heavy atom. The van der Waals surface area contributed by atoms with Gasteiger partial charge in [-0.1, -0.05) is 27.2 Å². The molecule has 2 atom stereocenters. The van der Waals surface area contributed by atoms with Crippen molar-refractivity contribution in [1.29, 1.82) is 0 Å². The fourth-order valence-corrected chi connectivity index (χ4v) is 2.11. The summed E-state index contributed by atoms with van der Waals surface area (Å²) in [6.45, 7) is 5.79. The zero-order valence-electron chi connectivity index (χ0n) is 7.95. The first-order valence-electron chi connectivity index (χ1n) is 4.38. The minimum Gasteiger partial charge on any atom is -0.285 e. The molecule has 0 heterocycles. The van der Waals surface area contributed by atoms with Gasteiger partial charge in [-0.25, -0.2) is 0 Å². The highest BCUT2D eigenvalue weighted by Gasteiger charge is 2.22. The van der Waals surface area contributed by atoms with Crippen molar-refractivity contribution in [2.75, 3.05) is 0 Å². The van der Waals surface area contributed by atoms with E-state index in [1.165, 1.54) is 0 Å². The summed E-state index contributed by atoms with van der Waals surface area (Å²) in [5, 5.41) is -0.576. The van der Waals surface area contributed by atoms with E-state index in [1.807, 2.05) is 13.8 Å². The number of hydrogen-bond acceptors (Lipinski definition) is 2. The molecule has 12 heavy (non-hydrogen) atoms. The van der Waals surface area contributed by atoms with Crippen LogP contribution in [0.1, 0.15) is 40.0 Å². The number of hydrogen-bond donors (Lipinski definition) is 1. The topological polar surface area (TPSA) is 54.4 Å². The summed E-state index contributed by atoms with van der Waals surface area (Å²) in [6, 6.07) is 0. The Morgan fingerprint density at radius 2 is 1.75 bits per heavy atom. The third kappa shape index (κ3) is 4.07. The van der Waals surface area contributed by atoms with Crippen molar-refractivity contribution in [2.24, 2.45) is 5.92 Å². The highest BCUT2D eigenvalue weighted by atomic mass is 32.2. The van der Waals surface area contributed by atoms with Gasteiger partial charge in [0.05, 0.1) is 5.25 Å². The lowest BCUT2D eigenvalue weighted by Gasteiger charge is -2.15. The van der Waals surface area contributed by atoms with Crippen LogP contribution in [0.25, 0.3) is 0 Å². The molecule has 0 aromatic heterocycles. The Kier molecular flexibility index (Phi) is 4.78. The van der Waals surface area contributed by atoms with E-state index in [9.17, 15) is 8.42 Å². The van der Waals surface area contributed by atoms with Crippen molar-refractivity contribution in [3.05, 3.63) is 0 Å². The van der Waals surface area contributed by atoms with E-state index in [4.69, 9.17) is 4.55 Å². The van der Waals surface area contributed by atoms with E-state index in [1.54, 1.807) is 6.92 Å². The van der Waals surface area contributed by atoms with Crippen molar-refractivity contribution in [2.45, 2.75) is 45.3 Å². The van der Waals surface area contributed by atoms with Crippen LogP contribution in [0.4, 0.5) is 0 Å². The van der Waals surface area contributed by atoms with Crippen LogP contribution >= 0.6 is 0 Å². The van der Waals surface area contributed by atoms with E-state index in [2.05, 4.69) is 0 Å². The molecule has 74 valence electrons. The summed E-state index contributed by atoms with van der Waals surface area (Å²) in [4.78, 5) is 0. The Balaban J connectivity index is 4.20. The average molecular weight is 194 g/mol. The minimum atomic E-state index is -3.82. The first-order valence-corrected chi connectivity index (χ1v) is 5.88. The monoisotopic (exact) mass is 194 g/mol. The Morgan fingerprint density at radius 1 is 1.25 bits per heavy atom. The molecule has 0 aliphatic carbocycles. The van der Waals surface area contributed by atoms with Gasteiger partial charge < -0.3 is 0 Å².